The van der Waals surface area contributed by atoms with E-state index in [-0.39, 0.29) is 0 Å². The van der Waals surface area contributed by atoms with Crippen molar-refractivity contribution in [2.75, 3.05) is 0 Å². The Kier molecular flexibility index (Phi) is 2.63. The molecular formula is C14H12N2S. The molecule has 0 saturated carbocycles. The molecule has 1 aromatic carbocycles. The van der Waals surface area contributed by atoms with Crippen LogP contribution in [-0.2, 0) is 6.54 Å². The summed E-state index contributed by atoms with van der Waals surface area (Å²) < 4.78 is 0. The maximum Gasteiger partial charge on any atom is 0.0812 e. The lowest BCUT2D eigenvalue weighted by Gasteiger charge is -2.06. The van der Waals surface area contributed by atoms with Gasteiger partial charge in [-0.05, 0) is 29.1 Å². The number of hydrogen-bond acceptors (Lipinski definition) is 3. The molecule has 0 aliphatic carbocycles. The van der Waals surface area contributed by atoms with Gasteiger partial charge in [-0.1, -0.05) is 24.3 Å². The molecule has 0 fully saturated rings. The standard InChI is InChI=1S/C14H12N2S/c15-9-10-8-13(14-6-3-7-17-14)16-12-5-2-1-4-11(10)12/h1-8H,9,15H2. The third kappa shape index (κ3) is 1.84. The van der Waals surface area contributed by atoms with E-state index in [2.05, 4.69) is 28.6 Å². The molecular weight excluding hydrogens is 228 g/mol. The number of nitrogens with two attached hydrogens (primary N) is 1. The molecule has 0 bridgehead atoms. The van der Waals surface area contributed by atoms with Gasteiger partial charge in [0.15, 0.2) is 0 Å². The normalized spacial score (nSPS) is 10.9. The fourth-order valence-corrected chi connectivity index (χ4v) is 2.65. The van der Waals surface area contributed by atoms with Crippen LogP contribution in [0.5, 0.6) is 0 Å². The second kappa shape index (κ2) is 4.28. The van der Waals surface area contributed by atoms with Gasteiger partial charge in [-0.2, -0.15) is 0 Å². The maximum absolute atomic E-state index is 5.81. The third-order valence-electron chi connectivity index (χ3n) is 2.80. The second-order valence-corrected chi connectivity index (χ2v) is 4.81. The summed E-state index contributed by atoms with van der Waals surface area (Å²) in [4.78, 5) is 5.87. The Morgan fingerprint density at radius 1 is 1.12 bits per heavy atom. The van der Waals surface area contributed by atoms with E-state index in [4.69, 9.17) is 5.73 Å². The highest BCUT2D eigenvalue weighted by molar-refractivity contribution is 7.13. The Labute approximate surface area is 104 Å². The van der Waals surface area contributed by atoms with Crippen LogP contribution in [0, 0.1) is 0 Å². The number of hydrogen-bond donors (Lipinski definition) is 1. The second-order valence-electron chi connectivity index (χ2n) is 3.87. The smallest absolute Gasteiger partial charge is 0.0812 e. The molecule has 0 aliphatic rings. The Morgan fingerprint density at radius 2 is 2.00 bits per heavy atom. The summed E-state index contributed by atoms with van der Waals surface area (Å²) in [5.41, 5.74) is 8.99. The van der Waals surface area contributed by atoms with E-state index in [1.807, 2.05) is 24.3 Å². The average Bonchev–Trinajstić information content (AvgIpc) is 2.91. The summed E-state index contributed by atoms with van der Waals surface area (Å²) in [5.74, 6) is 0. The van der Waals surface area contributed by atoms with E-state index in [0.717, 1.165) is 22.2 Å². The first-order valence-corrected chi connectivity index (χ1v) is 6.39. The van der Waals surface area contributed by atoms with Gasteiger partial charge in [0, 0.05) is 11.9 Å². The molecule has 0 aliphatic heterocycles. The van der Waals surface area contributed by atoms with Crippen LogP contribution in [0.25, 0.3) is 21.5 Å². The SMILES string of the molecule is NCc1cc(-c2cccs2)nc2ccccc12. The topological polar surface area (TPSA) is 38.9 Å². The van der Waals surface area contributed by atoms with Crippen LogP contribution in [0.2, 0.25) is 0 Å². The number of pyridine rings is 1. The summed E-state index contributed by atoms with van der Waals surface area (Å²) in [6, 6.07) is 14.4. The van der Waals surface area contributed by atoms with Crippen LogP contribution >= 0.6 is 11.3 Å². The lowest BCUT2D eigenvalue weighted by Crippen LogP contribution is -1.99. The number of thiophene rings is 1. The van der Waals surface area contributed by atoms with Gasteiger partial charge in [0.1, 0.15) is 0 Å². The minimum Gasteiger partial charge on any atom is -0.326 e. The van der Waals surface area contributed by atoms with Crippen molar-refractivity contribution < 1.29 is 0 Å². The van der Waals surface area contributed by atoms with E-state index in [9.17, 15) is 0 Å². The Morgan fingerprint density at radius 3 is 2.76 bits per heavy atom. The first kappa shape index (κ1) is 10.4. The minimum atomic E-state index is 0.543. The first-order valence-electron chi connectivity index (χ1n) is 5.51. The van der Waals surface area contributed by atoms with E-state index < -0.39 is 0 Å². The molecule has 3 rings (SSSR count). The van der Waals surface area contributed by atoms with E-state index in [1.165, 1.54) is 4.88 Å². The fourth-order valence-electron chi connectivity index (χ4n) is 1.97. The van der Waals surface area contributed by atoms with Crippen molar-refractivity contribution in [1.29, 1.82) is 0 Å². The van der Waals surface area contributed by atoms with Crippen LogP contribution in [0.15, 0.2) is 47.8 Å². The Bertz CT molecular complexity index is 644. The molecule has 17 heavy (non-hydrogen) atoms. The van der Waals surface area contributed by atoms with Gasteiger partial charge < -0.3 is 5.73 Å². The van der Waals surface area contributed by atoms with E-state index in [0.29, 0.717) is 6.54 Å². The molecule has 0 unspecified atom stereocenters. The third-order valence-corrected chi connectivity index (χ3v) is 3.69. The highest BCUT2D eigenvalue weighted by Gasteiger charge is 2.06. The zero-order valence-corrected chi connectivity index (χ0v) is 10.1. The monoisotopic (exact) mass is 240 g/mol. The predicted octanol–water partition coefficient (Wildman–Crippen LogP) is 3.42. The van der Waals surface area contributed by atoms with Gasteiger partial charge in [0.2, 0.25) is 0 Å². The quantitative estimate of drug-likeness (QED) is 0.745. The number of aromatic nitrogens is 1. The number of para-hydroxylation sites is 1. The number of benzene rings is 1. The van der Waals surface area contributed by atoms with Gasteiger partial charge in [-0.15, -0.1) is 11.3 Å². The average molecular weight is 240 g/mol. The molecule has 84 valence electrons. The zero-order valence-electron chi connectivity index (χ0n) is 9.26. The highest BCUT2D eigenvalue weighted by atomic mass is 32.1. The van der Waals surface area contributed by atoms with Gasteiger partial charge in [-0.3, -0.25) is 0 Å². The predicted molar refractivity (Wildman–Crippen MR) is 72.9 cm³/mol. The van der Waals surface area contributed by atoms with Crippen LogP contribution in [0.1, 0.15) is 5.56 Å². The van der Waals surface area contributed by atoms with Gasteiger partial charge in [0.25, 0.3) is 0 Å². The highest BCUT2D eigenvalue weighted by Crippen LogP contribution is 2.27. The summed E-state index contributed by atoms with van der Waals surface area (Å²) >= 11 is 1.70. The molecule has 0 spiro atoms. The van der Waals surface area contributed by atoms with Crippen LogP contribution in [0.3, 0.4) is 0 Å². The van der Waals surface area contributed by atoms with Crippen molar-refractivity contribution in [1.82, 2.24) is 4.98 Å². The molecule has 2 heterocycles. The summed E-state index contributed by atoms with van der Waals surface area (Å²) in [7, 11) is 0. The zero-order chi connectivity index (χ0) is 11.7. The molecule has 0 saturated heterocycles. The summed E-state index contributed by atoms with van der Waals surface area (Å²) in [6.45, 7) is 0.543. The Hall–Kier alpha value is -1.71. The fraction of sp³-hybridized carbons (Fsp3) is 0.0714. The number of fused-ring (bicyclic) bond motifs is 1. The van der Waals surface area contributed by atoms with Crippen molar-refractivity contribution in [3.05, 3.63) is 53.4 Å². The van der Waals surface area contributed by atoms with Crippen molar-refractivity contribution in [3.63, 3.8) is 0 Å². The first-order chi connectivity index (χ1) is 8.38. The molecule has 3 aromatic rings. The van der Waals surface area contributed by atoms with Gasteiger partial charge in [0.05, 0.1) is 16.1 Å². The molecule has 3 heteroatoms. The largest absolute Gasteiger partial charge is 0.326 e. The molecule has 0 amide bonds. The van der Waals surface area contributed by atoms with Crippen LogP contribution in [0.4, 0.5) is 0 Å². The van der Waals surface area contributed by atoms with Crippen molar-refractivity contribution in [2.45, 2.75) is 6.54 Å². The van der Waals surface area contributed by atoms with Gasteiger partial charge >= 0.3 is 0 Å². The molecule has 2 nitrogen and oxygen atoms in total. The van der Waals surface area contributed by atoms with Crippen LogP contribution in [-0.4, -0.2) is 4.98 Å². The van der Waals surface area contributed by atoms with Gasteiger partial charge in [-0.25, -0.2) is 4.98 Å². The number of rotatable bonds is 2. The molecule has 0 atom stereocenters. The molecule has 2 N–H and O–H groups in total. The molecule has 2 aromatic heterocycles. The maximum atomic E-state index is 5.81. The number of nitrogens with zero attached hydrogens (tertiary/aromatic N) is 1. The summed E-state index contributed by atoms with van der Waals surface area (Å²) in [5, 5.41) is 3.21. The lowest BCUT2D eigenvalue weighted by atomic mass is 10.1. The van der Waals surface area contributed by atoms with Crippen molar-refractivity contribution in [2.24, 2.45) is 5.73 Å². The molecule has 0 radical (unpaired) electrons. The minimum absolute atomic E-state index is 0.543. The van der Waals surface area contributed by atoms with E-state index >= 15 is 0 Å². The Balaban J connectivity index is 2.28. The van der Waals surface area contributed by atoms with Crippen LogP contribution < -0.4 is 5.73 Å². The summed E-state index contributed by atoms with van der Waals surface area (Å²) in [6.07, 6.45) is 0. The van der Waals surface area contributed by atoms with Crippen molar-refractivity contribution in [3.8, 4) is 10.6 Å². The van der Waals surface area contributed by atoms with Crippen molar-refractivity contribution >= 4 is 22.2 Å². The lowest BCUT2D eigenvalue weighted by molar-refractivity contribution is 1.08. The van der Waals surface area contributed by atoms with E-state index in [1.54, 1.807) is 11.3 Å².